The number of hydrogen-bond acceptors (Lipinski definition) is 5. The first-order chi connectivity index (χ1) is 21.5. The SMILES string of the molecule is C=CN=C(CCCCc1cc(F)cc(F)c1)C(/C(=C\C)C1=NC=CCC(CC)=C1C)=C(\C)N1CCN(C(=O)OC(C)C)[C@H](C)C1. The molecule has 8 heteroatoms. The monoisotopic (exact) mass is 620 g/mol. The molecule has 1 saturated heterocycles. The summed E-state index contributed by atoms with van der Waals surface area (Å²) in [5.74, 6) is -1.12. The number of nitrogens with zero attached hydrogens (tertiary/aromatic N) is 4. The van der Waals surface area contributed by atoms with Crippen molar-refractivity contribution in [2.75, 3.05) is 19.6 Å². The highest BCUT2D eigenvalue weighted by atomic mass is 19.1. The van der Waals surface area contributed by atoms with Crippen molar-refractivity contribution in [1.29, 1.82) is 0 Å². The molecule has 0 spiro atoms. The van der Waals surface area contributed by atoms with Crippen LogP contribution in [-0.2, 0) is 11.2 Å². The van der Waals surface area contributed by atoms with Gasteiger partial charge in [-0.2, -0.15) is 0 Å². The zero-order valence-corrected chi connectivity index (χ0v) is 28.1. The Kier molecular flexibility index (Phi) is 13.5. The van der Waals surface area contributed by atoms with E-state index in [9.17, 15) is 13.6 Å². The Morgan fingerprint density at radius 2 is 1.91 bits per heavy atom. The number of halogens is 2. The molecule has 0 unspecified atom stereocenters. The minimum Gasteiger partial charge on any atom is -0.447 e. The lowest BCUT2D eigenvalue weighted by Gasteiger charge is -2.41. The van der Waals surface area contributed by atoms with Gasteiger partial charge in [0.2, 0.25) is 0 Å². The van der Waals surface area contributed by atoms with E-state index in [1.165, 1.54) is 23.3 Å². The molecule has 0 bridgehead atoms. The van der Waals surface area contributed by atoms with Gasteiger partial charge >= 0.3 is 6.09 Å². The number of carbonyl (C=O) groups excluding carboxylic acids is 1. The van der Waals surface area contributed by atoms with E-state index in [2.05, 4.69) is 44.4 Å². The lowest BCUT2D eigenvalue weighted by Crippen LogP contribution is -2.54. The Labute approximate surface area is 268 Å². The topological polar surface area (TPSA) is 57.5 Å². The van der Waals surface area contributed by atoms with Crippen molar-refractivity contribution in [2.24, 2.45) is 9.98 Å². The second-order valence-electron chi connectivity index (χ2n) is 12.0. The zero-order chi connectivity index (χ0) is 33.1. The number of carbonyl (C=O) groups is 1. The molecule has 0 aromatic heterocycles. The fourth-order valence-corrected chi connectivity index (χ4v) is 6.08. The number of aliphatic imine (C=N–C) groups is 2. The molecule has 1 atom stereocenters. The molecule has 0 N–H and O–H groups in total. The molecule has 2 aliphatic heterocycles. The van der Waals surface area contributed by atoms with E-state index in [1.807, 2.05) is 33.9 Å². The second kappa shape index (κ2) is 17.0. The Morgan fingerprint density at radius 3 is 2.51 bits per heavy atom. The Balaban J connectivity index is 2.00. The largest absolute Gasteiger partial charge is 0.447 e. The Morgan fingerprint density at radius 1 is 1.20 bits per heavy atom. The molecule has 6 nitrogen and oxygen atoms in total. The molecule has 0 aliphatic carbocycles. The molecule has 244 valence electrons. The van der Waals surface area contributed by atoms with Gasteiger partial charge in [0.1, 0.15) is 11.6 Å². The van der Waals surface area contributed by atoms with Crippen LogP contribution in [-0.4, -0.2) is 59.1 Å². The van der Waals surface area contributed by atoms with Crippen LogP contribution in [0.25, 0.3) is 0 Å². The van der Waals surface area contributed by atoms with Gasteiger partial charge in [-0.3, -0.25) is 9.98 Å². The predicted molar refractivity (Wildman–Crippen MR) is 182 cm³/mol. The molecular weight excluding hydrogens is 570 g/mol. The van der Waals surface area contributed by atoms with Crippen LogP contribution in [0.4, 0.5) is 13.6 Å². The number of ether oxygens (including phenoxy) is 1. The first-order valence-corrected chi connectivity index (χ1v) is 16.1. The summed E-state index contributed by atoms with van der Waals surface area (Å²) in [5.41, 5.74) is 8.03. The van der Waals surface area contributed by atoms with Gasteiger partial charge in [-0.15, -0.1) is 0 Å². The van der Waals surface area contributed by atoms with E-state index in [-0.39, 0.29) is 18.2 Å². The van der Waals surface area contributed by atoms with E-state index < -0.39 is 11.6 Å². The highest BCUT2D eigenvalue weighted by Crippen LogP contribution is 2.31. The van der Waals surface area contributed by atoms with Gasteiger partial charge in [0.25, 0.3) is 0 Å². The van der Waals surface area contributed by atoms with Gasteiger partial charge in [0.05, 0.1) is 11.8 Å². The van der Waals surface area contributed by atoms with Crippen molar-refractivity contribution in [3.8, 4) is 0 Å². The first-order valence-electron chi connectivity index (χ1n) is 16.1. The maximum atomic E-state index is 13.8. The van der Waals surface area contributed by atoms with Crippen LogP contribution < -0.4 is 0 Å². The quantitative estimate of drug-likeness (QED) is 0.133. The van der Waals surface area contributed by atoms with Crippen LogP contribution in [0.1, 0.15) is 86.1 Å². The molecule has 1 amide bonds. The molecule has 1 aromatic rings. The summed E-state index contributed by atoms with van der Waals surface area (Å²) in [6, 6.07) is 3.64. The molecule has 2 aliphatic rings. The highest BCUT2D eigenvalue weighted by Gasteiger charge is 2.31. The van der Waals surface area contributed by atoms with E-state index in [1.54, 1.807) is 11.1 Å². The summed E-state index contributed by atoms with van der Waals surface area (Å²) in [6.45, 7) is 20.0. The standard InChI is InChI=1S/C37H50F2N4O2/c1-9-30-16-14-18-41-36(27(30)7)33(10-2)35(28(8)42-19-20-43(26(6)24-42)37(44)45-25(4)5)34(40-11-3)17-13-12-15-29-21-31(38)23-32(39)22-29/h10-11,14,18,21-23,25-26H,3,9,12-13,15-17,19-20,24H2,1-2,4-8H3/b33-10+,35-28+,40-34?/t26-/m1/s1. The normalized spacial score (nSPS) is 18.6. The van der Waals surface area contributed by atoms with Crippen LogP contribution in [0.15, 0.2) is 87.3 Å². The van der Waals surface area contributed by atoms with Crippen molar-refractivity contribution < 1.29 is 18.3 Å². The van der Waals surface area contributed by atoms with Crippen LogP contribution in [0.3, 0.4) is 0 Å². The van der Waals surface area contributed by atoms with Crippen LogP contribution in [0, 0.1) is 11.6 Å². The number of piperazine rings is 1. The fourth-order valence-electron chi connectivity index (χ4n) is 6.08. The lowest BCUT2D eigenvalue weighted by molar-refractivity contribution is 0.0432. The number of hydrogen-bond donors (Lipinski definition) is 0. The van der Waals surface area contributed by atoms with Crippen LogP contribution in [0.5, 0.6) is 0 Å². The summed E-state index contributed by atoms with van der Waals surface area (Å²) in [7, 11) is 0. The number of rotatable bonds is 12. The molecule has 1 aromatic carbocycles. The van der Waals surface area contributed by atoms with E-state index in [4.69, 9.17) is 14.7 Å². The first kappa shape index (κ1) is 35.7. The smallest absolute Gasteiger partial charge is 0.410 e. The minimum absolute atomic E-state index is 0.0480. The Bertz CT molecular complexity index is 1400. The average Bonchev–Trinajstić information content (AvgIpc) is 3.17. The number of allylic oxidation sites excluding steroid dienone is 7. The Hall–Kier alpha value is -3.81. The van der Waals surface area contributed by atoms with Crippen LogP contribution >= 0.6 is 0 Å². The molecular formula is C37H50F2N4O2. The molecule has 0 saturated carbocycles. The summed E-state index contributed by atoms with van der Waals surface area (Å²) in [6.07, 6.45) is 11.7. The van der Waals surface area contributed by atoms with Gasteiger partial charge in [0.15, 0.2) is 0 Å². The summed E-state index contributed by atoms with van der Waals surface area (Å²) in [4.78, 5) is 26.6. The van der Waals surface area contributed by atoms with E-state index in [0.717, 1.165) is 60.0 Å². The summed E-state index contributed by atoms with van der Waals surface area (Å²) < 4.78 is 33.0. The van der Waals surface area contributed by atoms with Crippen molar-refractivity contribution in [2.45, 2.75) is 99.1 Å². The van der Waals surface area contributed by atoms with Gasteiger partial charge < -0.3 is 14.5 Å². The molecule has 3 rings (SSSR count). The third kappa shape index (κ3) is 9.59. The number of unbranched alkanes of at least 4 members (excludes halogenated alkanes) is 1. The van der Waals surface area contributed by atoms with Crippen molar-refractivity contribution in [3.63, 3.8) is 0 Å². The number of aryl methyl sites for hydroxylation is 1. The van der Waals surface area contributed by atoms with Gasteiger partial charge in [0, 0.05) is 66.7 Å². The molecule has 1 fully saturated rings. The maximum absolute atomic E-state index is 13.8. The second-order valence-corrected chi connectivity index (χ2v) is 12.0. The van der Waals surface area contributed by atoms with Crippen LogP contribution in [0.2, 0.25) is 0 Å². The fraction of sp³-hybridized carbons (Fsp3) is 0.486. The molecule has 45 heavy (non-hydrogen) atoms. The van der Waals surface area contributed by atoms with Crippen molar-refractivity contribution >= 4 is 17.5 Å². The maximum Gasteiger partial charge on any atom is 0.410 e. The molecule has 0 radical (unpaired) electrons. The predicted octanol–water partition coefficient (Wildman–Crippen LogP) is 9.12. The number of amides is 1. The molecule has 2 heterocycles. The lowest BCUT2D eigenvalue weighted by atomic mass is 9.87. The van der Waals surface area contributed by atoms with Crippen molar-refractivity contribution in [3.05, 3.63) is 94.5 Å². The van der Waals surface area contributed by atoms with Crippen molar-refractivity contribution in [1.82, 2.24) is 9.80 Å². The summed E-state index contributed by atoms with van der Waals surface area (Å²) >= 11 is 0. The summed E-state index contributed by atoms with van der Waals surface area (Å²) in [5, 5.41) is 0. The average molecular weight is 621 g/mol. The minimum atomic E-state index is -0.558. The van der Waals surface area contributed by atoms with E-state index in [0.29, 0.717) is 38.0 Å². The van der Waals surface area contributed by atoms with Gasteiger partial charge in [-0.25, -0.2) is 13.6 Å². The van der Waals surface area contributed by atoms with E-state index >= 15 is 0 Å². The number of benzene rings is 1. The van der Waals surface area contributed by atoms with Gasteiger partial charge in [-0.1, -0.05) is 31.2 Å². The zero-order valence-electron chi connectivity index (χ0n) is 28.1. The third-order valence-electron chi connectivity index (χ3n) is 8.42. The van der Waals surface area contributed by atoms with Gasteiger partial charge in [-0.05, 0) is 103 Å². The third-order valence-corrected chi connectivity index (χ3v) is 8.42. The highest BCUT2D eigenvalue weighted by molar-refractivity contribution is 6.22.